The molecule has 2 fully saturated rings. The molecule has 3 heterocycles. The van der Waals surface area contributed by atoms with E-state index in [4.69, 9.17) is 9.97 Å². The number of benzene rings is 1. The van der Waals surface area contributed by atoms with E-state index in [0.29, 0.717) is 23.9 Å². The normalized spacial score (nSPS) is 24.5. The zero-order valence-corrected chi connectivity index (χ0v) is 17.2. The number of hydrogen-bond acceptors (Lipinski definition) is 4. The molecular weight excluding hydrogens is 344 g/mol. The number of nitrogens with zero attached hydrogens (tertiary/aromatic N) is 3. The first-order valence-corrected chi connectivity index (χ1v) is 11.2. The Kier molecular flexibility index (Phi) is 4.73. The summed E-state index contributed by atoms with van der Waals surface area (Å²) >= 11 is 0. The quantitative estimate of drug-likeness (QED) is 0.734. The first-order chi connectivity index (χ1) is 13.7. The summed E-state index contributed by atoms with van der Waals surface area (Å²) in [5, 5.41) is 3.67. The molecule has 0 unspecified atom stereocenters. The van der Waals surface area contributed by atoms with Gasteiger partial charge >= 0.3 is 0 Å². The number of fused-ring (bicyclic) bond motifs is 2. The van der Waals surface area contributed by atoms with Crippen molar-refractivity contribution in [2.24, 2.45) is 0 Å². The molecule has 0 radical (unpaired) electrons. The third-order valence-electron chi connectivity index (χ3n) is 6.93. The molecular formula is C24H32N4. The Bertz CT molecular complexity index is 840. The highest BCUT2D eigenvalue weighted by atomic mass is 15.3. The maximum Gasteiger partial charge on any atom is 0.225 e. The minimum Gasteiger partial charge on any atom is -0.351 e. The third kappa shape index (κ3) is 3.27. The molecule has 0 amide bonds. The fourth-order valence-electron chi connectivity index (χ4n) is 5.38. The smallest absolute Gasteiger partial charge is 0.225 e. The van der Waals surface area contributed by atoms with Crippen LogP contribution in [0.15, 0.2) is 30.3 Å². The van der Waals surface area contributed by atoms with Crippen molar-refractivity contribution in [1.29, 1.82) is 0 Å². The molecule has 1 saturated carbocycles. The number of nitrogens with one attached hydrogen (secondary N) is 1. The SMILES string of the molecule is CC(C)c1cc(N2C[C@H]3CC[C@H]2c2ccccc23)nc(NC2CCCCC2)n1. The molecule has 2 atom stereocenters. The van der Waals surface area contributed by atoms with Crippen LogP contribution in [0.25, 0.3) is 0 Å². The summed E-state index contributed by atoms with van der Waals surface area (Å²) in [6.07, 6.45) is 9.02. The predicted molar refractivity (Wildman–Crippen MR) is 115 cm³/mol. The Hall–Kier alpha value is -2.10. The topological polar surface area (TPSA) is 41.1 Å². The van der Waals surface area contributed by atoms with E-state index in [1.165, 1.54) is 50.5 Å². The third-order valence-corrected chi connectivity index (χ3v) is 6.93. The van der Waals surface area contributed by atoms with Crippen LogP contribution in [0.3, 0.4) is 0 Å². The molecule has 0 spiro atoms. The van der Waals surface area contributed by atoms with Crippen LogP contribution in [0.4, 0.5) is 11.8 Å². The van der Waals surface area contributed by atoms with E-state index >= 15 is 0 Å². The summed E-state index contributed by atoms with van der Waals surface area (Å²) < 4.78 is 0. The Morgan fingerprint density at radius 1 is 0.964 bits per heavy atom. The van der Waals surface area contributed by atoms with Crippen LogP contribution in [0.5, 0.6) is 0 Å². The average molecular weight is 377 g/mol. The maximum atomic E-state index is 5.03. The van der Waals surface area contributed by atoms with Crippen LogP contribution in [0.2, 0.25) is 0 Å². The van der Waals surface area contributed by atoms with E-state index < -0.39 is 0 Å². The van der Waals surface area contributed by atoms with Gasteiger partial charge in [-0.15, -0.1) is 0 Å². The molecule has 4 aliphatic rings. The van der Waals surface area contributed by atoms with E-state index in [-0.39, 0.29) is 0 Å². The Labute approximate surface area is 168 Å². The summed E-state index contributed by atoms with van der Waals surface area (Å²) in [4.78, 5) is 12.5. The standard InChI is InChI=1S/C24H32N4/c1-16(2)21-14-23(27-24(26-21)25-18-8-4-3-5-9-18)28-15-17-12-13-22(28)20-11-7-6-10-19(17)20/h6-7,10-11,14,16-18,22H,3-5,8-9,12-13,15H2,1-2H3,(H,25,26,27)/t17-,22+/m1/s1. The van der Waals surface area contributed by atoms with Crippen LogP contribution in [0, 0.1) is 0 Å². The monoisotopic (exact) mass is 376 g/mol. The van der Waals surface area contributed by atoms with Gasteiger partial charge in [-0.3, -0.25) is 0 Å². The number of anilines is 2. The summed E-state index contributed by atoms with van der Waals surface area (Å²) in [6.45, 7) is 5.54. The van der Waals surface area contributed by atoms with Crippen molar-refractivity contribution < 1.29 is 0 Å². The van der Waals surface area contributed by atoms with Crippen LogP contribution in [-0.4, -0.2) is 22.6 Å². The van der Waals surface area contributed by atoms with Crippen molar-refractivity contribution in [2.45, 2.75) is 82.7 Å². The van der Waals surface area contributed by atoms with Gasteiger partial charge in [0.2, 0.25) is 5.95 Å². The average Bonchev–Trinajstić information content (AvgIpc) is 2.75. The second-order valence-corrected chi connectivity index (χ2v) is 9.18. The second kappa shape index (κ2) is 7.38. The number of rotatable bonds is 4. The van der Waals surface area contributed by atoms with Gasteiger partial charge in [0, 0.05) is 24.6 Å². The van der Waals surface area contributed by atoms with E-state index in [2.05, 4.69) is 54.4 Å². The lowest BCUT2D eigenvalue weighted by atomic mass is 9.75. The van der Waals surface area contributed by atoms with Crippen LogP contribution in [-0.2, 0) is 0 Å². The highest BCUT2D eigenvalue weighted by molar-refractivity contribution is 5.53. The van der Waals surface area contributed by atoms with Gasteiger partial charge in [0.15, 0.2) is 0 Å². The lowest BCUT2D eigenvalue weighted by molar-refractivity contribution is 0.387. The van der Waals surface area contributed by atoms with Gasteiger partial charge < -0.3 is 10.2 Å². The highest BCUT2D eigenvalue weighted by Crippen LogP contribution is 2.48. The Morgan fingerprint density at radius 2 is 1.75 bits per heavy atom. The summed E-state index contributed by atoms with van der Waals surface area (Å²) in [6, 6.07) is 12.3. The van der Waals surface area contributed by atoms with Crippen molar-refractivity contribution in [3.8, 4) is 0 Å². The van der Waals surface area contributed by atoms with Crippen molar-refractivity contribution >= 4 is 11.8 Å². The lowest BCUT2D eigenvalue weighted by Gasteiger charge is -2.47. The molecule has 148 valence electrons. The van der Waals surface area contributed by atoms with Gasteiger partial charge in [0.1, 0.15) is 5.82 Å². The van der Waals surface area contributed by atoms with E-state index in [1.54, 1.807) is 5.56 Å². The Balaban J connectivity index is 1.48. The number of aromatic nitrogens is 2. The molecule has 2 bridgehead atoms. The molecule has 2 aliphatic heterocycles. The fraction of sp³-hybridized carbons (Fsp3) is 0.583. The van der Waals surface area contributed by atoms with Gasteiger partial charge in [0.05, 0.1) is 11.7 Å². The molecule has 4 nitrogen and oxygen atoms in total. The summed E-state index contributed by atoms with van der Waals surface area (Å²) in [7, 11) is 0. The van der Waals surface area contributed by atoms with Gasteiger partial charge in [-0.25, -0.2) is 4.98 Å². The van der Waals surface area contributed by atoms with Gasteiger partial charge in [-0.05, 0) is 42.7 Å². The van der Waals surface area contributed by atoms with Crippen molar-refractivity contribution in [3.05, 3.63) is 47.2 Å². The van der Waals surface area contributed by atoms with Crippen LogP contribution in [0.1, 0.15) is 93.5 Å². The minimum absolute atomic E-state index is 0.405. The van der Waals surface area contributed by atoms with Gasteiger partial charge in [-0.1, -0.05) is 57.4 Å². The van der Waals surface area contributed by atoms with Gasteiger partial charge in [0.25, 0.3) is 0 Å². The van der Waals surface area contributed by atoms with E-state index in [1.807, 2.05) is 0 Å². The molecule has 6 rings (SSSR count). The molecule has 28 heavy (non-hydrogen) atoms. The minimum atomic E-state index is 0.405. The Morgan fingerprint density at radius 3 is 2.54 bits per heavy atom. The molecule has 1 N–H and O–H groups in total. The fourth-order valence-corrected chi connectivity index (χ4v) is 5.38. The van der Waals surface area contributed by atoms with Crippen LogP contribution >= 0.6 is 0 Å². The van der Waals surface area contributed by atoms with Crippen LogP contribution < -0.4 is 10.2 Å². The van der Waals surface area contributed by atoms with Crippen molar-refractivity contribution in [2.75, 3.05) is 16.8 Å². The largest absolute Gasteiger partial charge is 0.351 e. The van der Waals surface area contributed by atoms with Crippen molar-refractivity contribution in [1.82, 2.24) is 9.97 Å². The zero-order chi connectivity index (χ0) is 19.1. The van der Waals surface area contributed by atoms with Gasteiger partial charge in [-0.2, -0.15) is 4.98 Å². The lowest BCUT2D eigenvalue weighted by Crippen LogP contribution is -2.43. The predicted octanol–water partition coefficient (Wildman–Crippen LogP) is 5.78. The molecule has 2 aromatic rings. The zero-order valence-electron chi connectivity index (χ0n) is 17.2. The maximum absolute atomic E-state index is 5.03. The number of piperidine rings is 1. The second-order valence-electron chi connectivity index (χ2n) is 9.18. The van der Waals surface area contributed by atoms with E-state index in [9.17, 15) is 0 Å². The van der Waals surface area contributed by atoms with Crippen molar-refractivity contribution in [3.63, 3.8) is 0 Å². The molecule has 1 saturated heterocycles. The van der Waals surface area contributed by atoms with E-state index in [0.717, 1.165) is 24.0 Å². The summed E-state index contributed by atoms with van der Waals surface area (Å²) in [5.41, 5.74) is 4.23. The molecule has 4 heteroatoms. The first kappa shape index (κ1) is 18.0. The molecule has 1 aromatic heterocycles. The molecule has 2 aliphatic carbocycles. The number of hydrogen-bond donors (Lipinski definition) is 1. The summed E-state index contributed by atoms with van der Waals surface area (Å²) in [5.74, 6) is 2.99. The molecule has 1 aromatic carbocycles. The first-order valence-electron chi connectivity index (χ1n) is 11.2. The highest BCUT2D eigenvalue weighted by Gasteiger charge is 2.38.